The number of hydrogen-bond acceptors (Lipinski definition) is 5. The zero-order valence-corrected chi connectivity index (χ0v) is 14.3. The summed E-state index contributed by atoms with van der Waals surface area (Å²) in [5, 5.41) is 10.4. The van der Waals surface area contributed by atoms with Gasteiger partial charge in [-0.05, 0) is 42.2 Å². The minimum absolute atomic E-state index is 0.168. The molecule has 0 aromatic heterocycles. The van der Waals surface area contributed by atoms with E-state index in [1.807, 2.05) is 42.5 Å². The molecule has 130 valence electrons. The van der Waals surface area contributed by atoms with Gasteiger partial charge in [-0.1, -0.05) is 18.2 Å². The predicted octanol–water partition coefficient (Wildman–Crippen LogP) is 3.35. The molecule has 1 atom stereocenters. The van der Waals surface area contributed by atoms with Gasteiger partial charge in [-0.2, -0.15) is 0 Å². The summed E-state index contributed by atoms with van der Waals surface area (Å²) < 4.78 is 20.9. The van der Waals surface area contributed by atoms with Gasteiger partial charge in [0.15, 0.2) is 6.79 Å². The smallest absolute Gasteiger partial charge is 0.188 e. The lowest BCUT2D eigenvalue weighted by Crippen LogP contribution is -2.04. The first-order valence-electron chi connectivity index (χ1n) is 7.78. The van der Waals surface area contributed by atoms with Crippen molar-refractivity contribution in [1.82, 2.24) is 0 Å². The molecule has 5 nitrogen and oxygen atoms in total. The average molecular weight is 332 g/mol. The van der Waals surface area contributed by atoms with Crippen molar-refractivity contribution in [3.63, 3.8) is 0 Å². The summed E-state index contributed by atoms with van der Waals surface area (Å²) in [4.78, 5) is 0. The first kappa shape index (κ1) is 18.1. The van der Waals surface area contributed by atoms with Crippen LogP contribution in [0.3, 0.4) is 0 Å². The van der Waals surface area contributed by atoms with Gasteiger partial charge in [0.1, 0.15) is 17.2 Å². The monoisotopic (exact) mass is 332 g/mol. The molecule has 0 aliphatic carbocycles. The van der Waals surface area contributed by atoms with Gasteiger partial charge in [-0.15, -0.1) is 0 Å². The first-order valence-corrected chi connectivity index (χ1v) is 7.78. The highest BCUT2D eigenvalue weighted by Gasteiger charge is 2.11. The molecule has 0 aliphatic heterocycles. The van der Waals surface area contributed by atoms with Crippen molar-refractivity contribution in [3.05, 3.63) is 53.6 Å². The Morgan fingerprint density at radius 2 is 1.58 bits per heavy atom. The van der Waals surface area contributed by atoms with Crippen molar-refractivity contribution < 1.29 is 24.1 Å². The van der Waals surface area contributed by atoms with Crippen LogP contribution in [0.2, 0.25) is 0 Å². The van der Waals surface area contributed by atoms with Gasteiger partial charge in [-0.3, -0.25) is 0 Å². The molecule has 0 radical (unpaired) electrons. The van der Waals surface area contributed by atoms with Crippen LogP contribution in [-0.4, -0.2) is 33.2 Å². The molecule has 24 heavy (non-hydrogen) atoms. The minimum atomic E-state index is -0.548. The van der Waals surface area contributed by atoms with Crippen LogP contribution in [-0.2, 0) is 11.2 Å². The number of aryl methyl sites for hydroxylation is 1. The highest BCUT2D eigenvalue weighted by atomic mass is 16.7. The second kappa shape index (κ2) is 9.15. The van der Waals surface area contributed by atoms with E-state index in [1.54, 1.807) is 21.3 Å². The van der Waals surface area contributed by atoms with E-state index in [1.165, 1.54) is 0 Å². The van der Waals surface area contributed by atoms with Gasteiger partial charge in [0.05, 0.1) is 20.3 Å². The zero-order chi connectivity index (χ0) is 17.4. The van der Waals surface area contributed by atoms with E-state index < -0.39 is 6.10 Å². The maximum atomic E-state index is 10.4. The van der Waals surface area contributed by atoms with Gasteiger partial charge >= 0.3 is 0 Å². The average Bonchev–Trinajstić information content (AvgIpc) is 2.64. The maximum absolute atomic E-state index is 10.4. The minimum Gasteiger partial charge on any atom is -0.497 e. The Labute approximate surface area is 142 Å². The van der Waals surface area contributed by atoms with Crippen molar-refractivity contribution in [2.75, 3.05) is 28.1 Å². The van der Waals surface area contributed by atoms with Crippen LogP contribution in [0, 0.1) is 0 Å². The van der Waals surface area contributed by atoms with E-state index in [0.29, 0.717) is 18.6 Å². The Morgan fingerprint density at radius 1 is 0.917 bits per heavy atom. The van der Waals surface area contributed by atoms with E-state index in [-0.39, 0.29) is 6.79 Å². The SMILES string of the molecule is COCOc1cc(OC)ccc1CCC(O)c1ccc(OC)cc1. The molecule has 2 aromatic carbocycles. The zero-order valence-electron chi connectivity index (χ0n) is 14.3. The number of hydrogen-bond donors (Lipinski definition) is 1. The lowest BCUT2D eigenvalue weighted by Gasteiger charge is -2.15. The van der Waals surface area contributed by atoms with Crippen LogP contribution in [0.25, 0.3) is 0 Å². The molecule has 1 N–H and O–H groups in total. The molecule has 0 heterocycles. The number of rotatable bonds is 9. The van der Waals surface area contributed by atoms with Crippen molar-refractivity contribution >= 4 is 0 Å². The van der Waals surface area contributed by atoms with Crippen molar-refractivity contribution in [1.29, 1.82) is 0 Å². The Balaban J connectivity index is 2.03. The second-order valence-electron chi connectivity index (χ2n) is 5.35. The molecule has 0 aliphatic rings. The number of aliphatic hydroxyl groups is 1. The van der Waals surface area contributed by atoms with Crippen LogP contribution >= 0.6 is 0 Å². The van der Waals surface area contributed by atoms with E-state index in [4.69, 9.17) is 18.9 Å². The maximum Gasteiger partial charge on any atom is 0.188 e. The summed E-state index contributed by atoms with van der Waals surface area (Å²) in [7, 11) is 4.81. The fourth-order valence-corrected chi connectivity index (χ4v) is 2.41. The molecular formula is C19H24O5. The molecule has 0 amide bonds. The Morgan fingerprint density at radius 3 is 2.21 bits per heavy atom. The number of benzene rings is 2. The lowest BCUT2D eigenvalue weighted by atomic mass is 10.0. The molecular weight excluding hydrogens is 308 g/mol. The predicted molar refractivity (Wildman–Crippen MR) is 91.8 cm³/mol. The second-order valence-corrected chi connectivity index (χ2v) is 5.35. The third-order valence-corrected chi connectivity index (χ3v) is 3.79. The first-order chi connectivity index (χ1) is 11.7. The summed E-state index contributed by atoms with van der Waals surface area (Å²) in [6, 6.07) is 13.1. The Hall–Kier alpha value is -2.24. The highest BCUT2D eigenvalue weighted by Crippen LogP contribution is 2.28. The summed E-state index contributed by atoms with van der Waals surface area (Å²) in [6.45, 7) is 0.168. The van der Waals surface area contributed by atoms with Gasteiger partial charge in [0.2, 0.25) is 0 Å². The van der Waals surface area contributed by atoms with E-state index in [9.17, 15) is 5.11 Å². The van der Waals surface area contributed by atoms with Crippen molar-refractivity contribution in [2.24, 2.45) is 0 Å². The molecule has 2 rings (SSSR count). The Kier molecular flexibility index (Phi) is 6.90. The van der Waals surface area contributed by atoms with E-state index in [0.717, 1.165) is 22.6 Å². The molecule has 0 bridgehead atoms. The van der Waals surface area contributed by atoms with Crippen LogP contribution in [0.1, 0.15) is 23.7 Å². The number of ether oxygens (including phenoxy) is 4. The van der Waals surface area contributed by atoms with Gasteiger partial charge in [0.25, 0.3) is 0 Å². The number of methoxy groups -OCH3 is 3. The Bertz CT molecular complexity index is 624. The van der Waals surface area contributed by atoms with E-state index >= 15 is 0 Å². The summed E-state index contributed by atoms with van der Waals surface area (Å²) in [5.74, 6) is 2.20. The van der Waals surface area contributed by atoms with Crippen molar-refractivity contribution in [2.45, 2.75) is 18.9 Å². The largest absolute Gasteiger partial charge is 0.497 e. The van der Waals surface area contributed by atoms with Crippen molar-refractivity contribution in [3.8, 4) is 17.2 Å². The molecule has 2 aromatic rings. The molecule has 0 saturated carbocycles. The normalized spacial score (nSPS) is 11.8. The quantitative estimate of drug-likeness (QED) is 0.714. The molecule has 5 heteroatoms. The fourth-order valence-electron chi connectivity index (χ4n) is 2.41. The van der Waals surface area contributed by atoms with Gasteiger partial charge in [0, 0.05) is 13.2 Å². The molecule has 0 saturated heterocycles. The summed E-state index contributed by atoms with van der Waals surface area (Å²) in [5.41, 5.74) is 1.86. The van der Waals surface area contributed by atoms with Crippen LogP contribution in [0.4, 0.5) is 0 Å². The molecule has 0 fully saturated rings. The van der Waals surface area contributed by atoms with Crippen LogP contribution in [0.5, 0.6) is 17.2 Å². The van der Waals surface area contributed by atoms with Gasteiger partial charge < -0.3 is 24.1 Å². The van der Waals surface area contributed by atoms with Crippen LogP contribution in [0.15, 0.2) is 42.5 Å². The third kappa shape index (κ3) is 4.88. The third-order valence-electron chi connectivity index (χ3n) is 3.79. The highest BCUT2D eigenvalue weighted by molar-refractivity contribution is 5.41. The fraction of sp³-hybridized carbons (Fsp3) is 0.368. The van der Waals surface area contributed by atoms with Crippen LogP contribution < -0.4 is 14.2 Å². The summed E-state index contributed by atoms with van der Waals surface area (Å²) >= 11 is 0. The topological polar surface area (TPSA) is 57.2 Å². The number of aliphatic hydroxyl groups excluding tert-OH is 1. The standard InChI is InChI=1S/C19H24O5/c1-21-13-24-19-12-17(23-3)10-6-15(19)7-11-18(20)14-4-8-16(22-2)9-5-14/h4-6,8-10,12,18,20H,7,11,13H2,1-3H3. The van der Waals surface area contributed by atoms with E-state index in [2.05, 4.69) is 0 Å². The lowest BCUT2D eigenvalue weighted by molar-refractivity contribution is 0.0501. The molecule has 1 unspecified atom stereocenters. The molecule has 0 spiro atoms. The van der Waals surface area contributed by atoms with Gasteiger partial charge in [-0.25, -0.2) is 0 Å². The summed E-state index contributed by atoms with van der Waals surface area (Å²) in [6.07, 6.45) is 0.714.